The van der Waals surface area contributed by atoms with Gasteiger partial charge in [-0.15, -0.1) is 6.42 Å². The van der Waals surface area contributed by atoms with Crippen LogP contribution in [-0.4, -0.2) is 103 Å². The van der Waals surface area contributed by atoms with E-state index in [1.54, 1.807) is 17.0 Å². The van der Waals surface area contributed by atoms with Crippen LogP contribution in [0.5, 0.6) is 11.8 Å². The standard InChI is InChI=1S/C30H23F2N7O3.C7H12FN/c1-3-19-23(31)7-4-17-12-18(40)13-22(24(17)19)20-5-6-21-26(25(20)32)35-28(42-2)36-27(21)37-10-8-30(14-37)9-11-38(30)29(41)39-16-33-15-34-39;8-6-4-7-2-1-3-9(7)5-6/h1,4-7,12-13,15-16,40H,8-11,14H2,2H3;6-7H,1-5H2. The van der Waals surface area contributed by atoms with Gasteiger partial charge in [0, 0.05) is 48.6 Å². The number of ether oxygens (including phenoxy) is 1. The zero-order valence-corrected chi connectivity index (χ0v) is 27.9. The summed E-state index contributed by atoms with van der Waals surface area (Å²) >= 11 is 0. The van der Waals surface area contributed by atoms with Crippen molar-refractivity contribution < 1.29 is 27.8 Å². The van der Waals surface area contributed by atoms with E-state index in [0.29, 0.717) is 60.6 Å². The molecule has 11 nitrogen and oxygen atoms in total. The predicted octanol–water partition coefficient (Wildman–Crippen LogP) is 5.53. The van der Waals surface area contributed by atoms with E-state index >= 15 is 4.39 Å². The number of terminal acetylenes is 1. The van der Waals surface area contributed by atoms with Crippen molar-refractivity contribution in [2.45, 2.75) is 49.9 Å². The number of aromatic hydroxyl groups is 1. The van der Waals surface area contributed by atoms with E-state index < -0.39 is 23.3 Å². The molecule has 4 aliphatic heterocycles. The lowest BCUT2D eigenvalue weighted by molar-refractivity contribution is 0.0400. The van der Waals surface area contributed by atoms with Crippen molar-refractivity contribution in [2.24, 2.45) is 0 Å². The van der Waals surface area contributed by atoms with Crippen molar-refractivity contribution >= 4 is 33.5 Å². The fourth-order valence-electron chi connectivity index (χ4n) is 8.20. The molecule has 3 unspecified atom stereocenters. The number of phenolic OH excluding ortho intramolecular Hbond substituents is 1. The molecule has 4 fully saturated rings. The van der Waals surface area contributed by atoms with E-state index in [2.05, 4.69) is 30.9 Å². The third kappa shape index (κ3) is 5.56. The van der Waals surface area contributed by atoms with E-state index in [0.717, 1.165) is 19.4 Å². The van der Waals surface area contributed by atoms with Gasteiger partial charge in [-0.25, -0.2) is 22.9 Å². The number of alkyl halides is 1. The molecule has 1 spiro atoms. The van der Waals surface area contributed by atoms with Crippen LogP contribution in [0, 0.1) is 24.0 Å². The van der Waals surface area contributed by atoms with Crippen LogP contribution in [0.1, 0.15) is 37.7 Å². The van der Waals surface area contributed by atoms with Crippen molar-refractivity contribution in [3.05, 3.63) is 66.3 Å². The highest BCUT2D eigenvalue weighted by Crippen LogP contribution is 2.44. The molecule has 0 radical (unpaired) electrons. The Morgan fingerprint density at radius 2 is 1.94 bits per heavy atom. The molecule has 0 saturated carbocycles. The minimum atomic E-state index is -0.700. The summed E-state index contributed by atoms with van der Waals surface area (Å²) in [5.74, 6) is 1.38. The van der Waals surface area contributed by atoms with Crippen molar-refractivity contribution in [3.8, 4) is 35.2 Å². The second-order valence-electron chi connectivity index (χ2n) is 13.6. The lowest BCUT2D eigenvalue weighted by Gasteiger charge is -2.50. The third-order valence-electron chi connectivity index (χ3n) is 10.7. The molecule has 1 N–H and O–H groups in total. The second-order valence-corrected chi connectivity index (χ2v) is 13.6. The fraction of sp³-hybridized carbons (Fsp3) is 0.378. The van der Waals surface area contributed by atoms with Gasteiger partial charge in [-0.05, 0) is 73.9 Å². The summed E-state index contributed by atoms with van der Waals surface area (Å²) in [7, 11) is 1.40. The molecule has 0 bridgehead atoms. The number of likely N-dealkylation sites (tertiary alicyclic amines) is 1. The van der Waals surface area contributed by atoms with Gasteiger partial charge in [-0.2, -0.15) is 19.7 Å². The van der Waals surface area contributed by atoms with Crippen molar-refractivity contribution in [1.29, 1.82) is 0 Å². The van der Waals surface area contributed by atoms with E-state index in [9.17, 15) is 18.7 Å². The van der Waals surface area contributed by atoms with Crippen molar-refractivity contribution in [3.63, 3.8) is 0 Å². The first-order chi connectivity index (χ1) is 24.7. The average molecular weight is 697 g/mol. The topological polar surface area (TPSA) is 113 Å². The Bertz CT molecular complexity index is 2200. The summed E-state index contributed by atoms with van der Waals surface area (Å²) in [4.78, 5) is 31.9. The SMILES string of the molecule is C#Cc1c(F)ccc2cc(O)cc(-c3ccc4c(N5CCC6(CCN6C(=O)n6cncn6)C5)nc(OC)nc4c3F)c12.FC1CC2CCCN2C1. The molecule has 4 aliphatic rings. The Morgan fingerprint density at radius 3 is 2.67 bits per heavy atom. The number of benzene rings is 3. The number of methoxy groups -OCH3 is 1. The summed E-state index contributed by atoms with van der Waals surface area (Å²) in [6.45, 7) is 3.50. The molecule has 3 aromatic carbocycles. The molecule has 0 aliphatic carbocycles. The molecule has 5 aromatic rings. The molecule has 262 valence electrons. The highest BCUT2D eigenvalue weighted by Gasteiger charge is 2.52. The van der Waals surface area contributed by atoms with Crippen molar-refractivity contribution in [2.75, 3.05) is 44.7 Å². The number of rotatable bonds is 3. The Labute approximate surface area is 291 Å². The number of halogens is 3. The third-order valence-corrected chi connectivity index (χ3v) is 10.7. The largest absolute Gasteiger partial charge is 0.508 e. The maximum Gasteiger partial charge on any atom is 0.346 e. The quantitative estimate of drug-likeness (QED) is 0.244. The van der Waals surface area contributed by atoms with Crippen molar-refractivity contribution in [1.82, 2.24) is 34.5 Å². The smallest absolute Gasteiger partial charge is 0.346 e. The number of carbonyl (C=O) groups is 1. The van der Waals surface area contributed by atoms with Gasteiger partial charge in [-0.1, -0.05) is 18.1 Å². The number of fused-ring (bicyclic) bond motifs is 3. The number of amides is 1. The van der Waals surface area contributed by atoms with Gasteiger partial charge >= 0.3 is 12.0 Å². The highest BCUT2D eigenvalue weighted by molar-refractivity contribution is 6.04. The summed E-state index contributed by atoms with van der Waals surface area (Å²) in [5, 5.41) is 15.6. The van der Waals surface area contributed by atoms with Crippen LogP contribution in [0.3, 0.4) is 0 Å². The number of hydrogen-bond acceptors (Lipinski definition) is 9. The molecular formula is C37H35F3N8O3. The first kappa shape index (κ1) is 32.8. The molecule has 14 heteroatoms. The molecule has 2 aromatic heterocycles. The van der Waals surface area contributed by atoms with Crippen LogP contribution in [0.2, 0.25) is 0 Å². The molecule has 1 amide bonds. The number of phenols is 1. The molecule has 6 heterocycles. The summed E-state index contributed by atoms with van der Waals surface area (Å²) in [5.41, 5.74) is -0.140. The van der Waals surface area contributed by atoms with Gasteiger partial charge in [-0.3, -0.25) is 4.90 Å². The highest BCUT2D eigenvalue weighted by atomic mass is 19.1. The molecule has 4 saturated heterocycles. The number of carbonyl (C=O) groups excluding carboxylic acids is 1. The minimum absolute atomic E-state index is 0.00499. The van der Waals surface area contributed by atoms with Crippen LogP contribution >= 0.6 is 0 Å². The van der Waals surface area contributed by atoms with Crippen LogP contribution in [0.25, 0.3) is 32.8 Å². The Morgan fingerprint density at radius 1 is 1.10 bits per heavy atom. The maximum atomic E-state index is 16.4. The van der Waals surface area contributed by atoms with E-state index in [1.165, 1.54) is 61.6 Å². The van der Waals surface area contributed by atoms with E-state index in [1.807, 2.05) is 4.90 Å². The second kappa shape index (κ2) is 12.7. The zero-order valence-electron chi connectivity index (χ0n) is 27.9. The van der Waals surface area contributed by atoms with Gasteiger partial charge in [0.15, 0.2) is 5.82 Å². The van der Waals surface area contributed by atoms with Gasteiger partial charge < -0.3 is 19.6 Å². The predicted molar refractivity (Wildman–Crippen MR) is 184 cm³/mol. The van der Waals surface area contributed by atoms with Crippen LogP contribution in [0.4, 0.5) is 23.8 Å². The summed E-state index contributed by atoms with van der Waals surface area (Å²) in [6, 6.07) is 9.07. The number of nitrogens with zero attached hydrogens (tertiary/aromatic N) is 8. The monoisotopic (exact) mass is 696 g/mol. The maximum absolute atomic E-state index is 16.4. The summed E-state index contributed by atoms with van der Waals surface area (Å²) in [6.07, 6.45) is 12.6. The number of hydrogen-bond donors (Lipinski definition) is 1. The van der Waals surface area contributed by atoms with Crippen LogP contribution in [-0.2, 0) is 0 Å². The first-order valence-corrected chi connectivity index (χ1v) is 17.0. The Hall–Kier alpha value is -5.42. The first-order valence-electron chi connectivity index (χ1n) is 17.0. The van der Waals surface area contributed by atoms with E-state index in [-0.39, 0.29) is 40.0 Å². The summed E-state index contributed by atoms with van der Waals surface area (Å²) < 4.78 is 50.3. The van der Waals surface area contributed by atoms with Gasteiger partial charge in [0.2, 0.25) is 0 Å². The van der Waals surface area contributed by atoms with Crippen LogP contribution < -0.4 is 9.64 Å². The molecule has 51 heavy (non-hydrogen) atoms. The minimum Gasteiger partial charge on any atom is -0.508 e. The lowest BCUT2D eigenvalue weighted by atomic mass is 9.84. The molecular weight excluding hydrogens is 661 g/mol. The zero-order chi connectivity index (χ0) is 35.4. The lowest BCUT2D eigenvalue weighted by Crippen LogP contribution is -2.64. The normalized spacial score (nSPS) is 22.6. The van der Waals surface area contributed by atoms with Gasteiger partial charge in [0.25, 0.3) is 0 Å². The molecule has 3 atom stereocenters. The van der Waals surface area contributed by atoms with Gasteiger partial charge in [0.1, 0.15) is 41.7 Å². The average Bonchev–Trinajstić information content (AvgIpc) is 3.94. The fourth-order valence-corrected chi connectivity index (χ4v) is 8.20. The number of anilines is 1. The Balaban J connectivity index is 0.000000359. The van der Waals surface area contributed by atoms with E-state index in [4.69, 9.17) is 11.2 Å². The Kier molecular flexibility index (Phi) is 8.17. The van der Waals surface area contributed by atoms with Gasteiger partial charge in [0.05, 0.1) is 18.2 Å². The molecule has 9 rings (SSSR count). The number of aromatic nitrogens is 5. The van der Waals surface area contributed by atoms with Crippen LogP contribution in [0.15, 0.2) is 49.1 Å².